The van der Waals surface area contributed by atoms with Crippen LogP contribution in [0.3, 0.4) is 0 Å². The zero-order valence-corrected chi connectivity index (χ0v) is 18.0. The van der Waals surface area contributed by atoms with Gasteiger partial charge in [0, 0.05) is 23.5 Å². The molecule has 0 atom stereocenters. The van der Waals surface area contributed by atoms with Crippen LogP contribution in [0.4, 0.5) is 0 Å². The number of aromatic amines is 2. The van der Waals surface area contributed by atoms with Gasteiger partial charge in [-0.25, -0.2) is 9.97 Å². The number of hydrogen-bond donors (Lipinski definition) is 2. The standard InChI is InChI=1S/C25H19N7O/c1-14-4-3-5-15(8-14)18-12-27-13-21-22(18)30-25(29-21)24-23-20(31-32-24)7-6-19(28-23)16-9-17(33-2)11-26-10-16/h3-13H,1-2H3,(H,29,30)(H,31,32). The fourth-order valence-electron chi connectivity index (χ4n) is 3.96. The summed E-state index contributed by atoms with van der Waals surface area (Å²) in [5.74, 6) is 1.31. The third kappa shape index (κ3) is 3.28. The second kappa shape index (κ2) is 7.52. The first kappa shape index (κ1) is 19.1. The van der Waals surface area contributed by atoms with Crippen molar-refractivity contribution in [3.8, 4) is 39.7 Å². The summed E-state index contributed by atoms with van der Waals surface area (Å²) in [6.45, 7) is 2.07. The van der Waals surface area contributed by atoms with E-state index in [0.29, 0.717) is 17.3 Å². The molecule has 0 spiro atoms. The van der Waals surface area contributed by atoms with Crippen molar-refractivity contribution >= 4 is 22.1 Å². The maximum absolute atomic E-state index is 5.30. The van der Waals surface area contributed by atoms with Crippen LogP contribution >= 0.6 is 0 Å². The zero-order valence-electron chi connectivity index (χ0n) is 18.0. The van der Waals surface area contributed by atoms with Crippen LogP contribution in [0.25, 0.3) is 56.0 Å². The summed E-state index contributed by atoms with van der Waals surface area (Å²) in [6.07, 6.45) is 7.05. The van der Waals surface area contributed by atoms with Gasteiger partial charge in [-0.1, -0.05) is 29.8 Å². The molecule has 160 valence electrons. The van der Waals surface area contributed by atoms with Crippen LogP contribution in [0.5, 0.6) is 5.75 Å². The summed E-state index contributed by atoms with van der Waals surface area (Å²) in [5, 5.41) is 7.56. The Hall–Kier alpha value is -4.59. The number of pyridine rings is 3. The third-order valence-corrected chi connectivity index (χ3v) is 5.60. The summed E-state index contributed by atoms with van der Waals surface area (Å²) in [7, 11) is 1.62. The maximum Gasteiger partial charge on any atom is 0.161 e. The Morgan fingerprint density at radius 1 is 0.818 bits per heavy atom. The molecular formula is C25H19N7O. The first-order valence-electron chi connectivity index (χ1n) is 10.5. The van der Waals surface area contributed by atoms with Crippen molar-refractivity contribution in [1.82, 2.24) is 35.1 Å². The SMILES string of the molecule is COc1cncc(-c2ccc3[nH]nc(-c4nc5c(-c6cccc(C)c6)cncc5[nH]4)c3n2)c1. The monoisotopic (exact) mass is 433 g/mol. The number of hydrogen-bond acceptors (Lipinski definition) is 6. The highest BCUT2D eigenvalue weighted by atomic mass is 16.5. The molecule has 5 heterocycles. The summed E-state index contributed by atoms with van der Waals surface area (Å²) >= 11 is 0. The molecule has 0 aliphatic rings. The van der Waals surface area contributed by atoms with Gasteiger partial charge in [-0.3, -0.25) is 15.1 Å². The molecule has 0 fully saturated rings. The lowest BCUT2D eigenvalue weighted by molar-refractivity contribution is 0.413. The highest BCUT2D eigenvalue weighted by molar-refractivity contribution is 5.95. The normalized spacial score (nSPS) is 11.3. The van der Waals surface area contributed by atoms with E-state index in [1.807, 2.05) is 30.5 Å². The molecule has 8 heteroatoms. The summed E-state index contributed by atoms with van der Waals surface area (Å²) in [4.78, 5) is 21.8. The van der Waals surface area contributed by atoms with Crippen LogP contribution < -0.4 is 4.74 Å². The van der Waals surface area contributed by atoms with Gasteiger partial charge in [0.05, 0.1) is 41.7 Å². The molecule has 0 bridgehead atoms. The molecule has 0 aliphatic carbocycles. The minimum atomic E-state index is 0.631. The Morgan fingerprint density at radius 2 is 1.73 bits per heavy atom. The van der Waals surface area contributed by atoms with Crippen LogP contribution in [0.2, 0.25) is 0 Å². The topological polar surface area (TPSA) is 105 Å². The molecule has 2 N–H and O–H groups in total. The van der Waals surface area contributed by atoms with E-state index in [9.17, 15) is 0 Å². The number of aryl methyl sites for hydroxylation is 1. The number of ether oxygens (including phenoxy) is 1. The van der Waals surface area contributed by atoms with Crippen molar-refractivity contribution in [2.75, 3.05) is 7.11 Å². The predicted molar refractivity (Wildman–Crippen MR) is 127 cm³/mol. The van der Waals surface area contributed by atoms with Gasteiger partial charge < -0.3 is 9.72 Å². The van der Waals surface area contributed by atoms with Gasteiger partial charge in [0.15, 0.2) is 11.5 Å². The molecule has 1 aromatic carbocycles. The van der Waals surface area contributed by atoms with E-state index < -0.39 is 0 Å². The molecule has 6 rings (SSSR count). The summed E-state index contributed by atoms with van der Waals surface area (Å²) < 4.78 is 5.30. The van der Waals surface area contributed by atoms with E-state index in [2.05, 4.69) is 50.3 Å². The van der Waals surface area contributed by atoms with Crippen LogP contribution in [0, 0.1) is 6.92 Å². The number of fused-ring (bicyclic) bond motifs is 2. The van der Waals surface area contributed by atoms with Crippen molar-refractivity contribution in [2.45, 2.75) is 6.92 Å². The van der Waals surface area contributed by atoms with E-state index in [1.165, 1.54) is 5.56 Å². The van der Waals surface area contributed by atoms with E-state index in [0.717, 1.165) is 44.5 Å². The lowest BCUT2D eigenvalue weighted by Gasteiger charge is -2.03. The van der Waals surface area contributed by atoms with Crippen molar-refractivity contribution in [3.05, 3.63) is 72.8 Å². The number of methoxy groups -OCH3 is 1. The molecule has 0 radical (unpaired) electrons. The van der Waals surface area contributed by atoms with Gasteiger partial charge >= 0.3 is 0 Å². The number of nitrogens with zero attached hydrogens (tertiary/aromatic N) is 5. The van der Waals surface area contributed by atoms with Crippen molar-refractivity contribution < 1.29 is 4.74 Å². The molecule has 8 nitrogen and oxygen atoms in total. The number of rotatable bonds is 4. The highest BCUT2D eigenvalue weighted by Gasteiger charge is 2.17. The van der Waals surface area contributed by atoms with Gasteiger partial charge in [0.1, 0.15) is 11.3 Å². The second-order valence-corrected chi connectivity index (χ2v) is 7.82. The molecule has 0 amide bonds. The Balaban J connectivity index is 1.49. The van der Waals surface area contributed by atoms with Crippen LogP contribution in [-0.4, -0.2) is 42.2 Å². The number of nitrogens with one attached hydrogen (secondary N) is 2. The Kier molecular flexibility index (Phi) is 4.36. The number of H-pyrrole nitrogens is 2. The van der Waals surface area contributed by atoms with Crippen LogP contribution in [0.15, 0.2) is 67.3 Å². The lowest BCUT2D eigenvalue weighted by Crippen LogP contribution is -1.89. The second-order valence-electron chi connectivity index (χ2n) is 7.82. The molecular weight excluding hydrogens is 414 g/mol. The smallest absolute Gasteiger partial charge is 0.161 e. The predicted octanol–water partition coefficient (Wildman–Crippen LogP) is 4.94. The maximum atomic E-state index is 5.30. The Bertz CT molecular complexity index is 1630. The quantitative estimate of drug-likeness (QED) is 0.408. The van der Waals surface area contributed by atoms with Crippen LogP contribution in [-0.2, 0) is 0 Å². The molecule has 5 aromatic heterocycles. The average molecular weight is 433 g/mol. The van der Waals surface area contributed by atoms with E-state index in [4.69, 9.17) is 14.7 Å². The van der Waals surface area contributed by atoms with Crippen molar-refractivity contribution in [1.29, 1.82) is 0 Å². The average Bonchev–Trinajstić information content (AvgIpc) is 3.47. The van der Waals surface area contributed by atoms with Gasteiger partial charge in [-0.2, -0.15) is 5.10 Å². The number of aromatic nitrogens is 7. The first-order chi connectivity index (χ1) is 16.2. The minimum Gasteiger partial charge on any atom is -0.495 e. The minimum absolute atomic E-state index is 0.631. The first-order valence-corrected chi connectivity index (χ1v) is 10.5. The fourth-order valence-corrected chi connectivity index (χ4v) is 3.96. The summed E-state index contributed by atoms with van der Waals surface area (Å²) in [5.41, 5.74) is 8.73. The van der Waals surface area contributed by atoms with Crippen molar-refractivity contribution in [3.63, 3.8) is 0 Å². The molecule has 6 aromatic rings. The lowest BCUT2D eigenvalue weighted by atomic mass is 10.0. The highest BCUT2D eigenvalue weighted by Crippen LogP contribution is 2.31. The van der Waals surface area contributed by atoms with E-state index in [1.54, 1.807) is 25.7 Å². The molecule has 0 unspecified atom stereocenters. The number of imidazole rings is 1. The molecule has 33 heavy (non-hydrogen) atoms. The van der Waals surface area contributed by atoms with Crippen LogP contribution in [0.1, 0.15) is 5.56 Å². The largest absolute Gasteiger partial charge is 0.495 e. The summed E-state index contributed by atoms with van der Waals surface area (Å²) in [6, 6.07) is 14.1. The van der Waals surface area contributed by atoms with Gasteiger partial charge in [-0.15, -0.1) is 0 Å². The molecule has 0 aliphatic heterocycles. The zero-order chi connectivity index (χ0) is 22.4. The Labute approximate surface area is 188 Å². The van der Waals surface area contributed by atoms with E-state index in [-0.39, 0.29) is 0 Å². The van der Waals surface area contributed by atoms with Crippen molar-refractivity contribution in [2.24, 2.45) is 0 Å². The van der Waals surface area contributed by atoms with Gasteiger partial charge in [0.25, 0.3) is 0 Å². The molecule has 0 saturated heterocycles. The number of benzene rings is 1. The Morgan fingerprint density at radius 3 is 2.61 bits per heavy atom. The fraction of sp³-hybridized carbons (Fsp3) is 0.0800. The molecule has 0 saturated carbocycles. The van der Waals surface area contributed by atoms with Gasteiger partial charge in [0.2, 0.25) is 0 Å². The third-order valence-electron chi connectivity index (χ3n) is 5.60. The van der Waals surface area contributed by atoms with E-state index >= 15 is 0 Å². The van der Waals surface area contributed by atoms with Gasteiger partial charge in [-0.05, 0) is 30.7 Å².